The first-order valence-electron chi connectivity index (χ1n) is 10.4. The van der Waals surface area contributed by atoms with Crippen LogP contribution in [0.25, 0.3) is 11.1 Å². The number of methoxy groups -OCH3 is 1. The number of aliphatic hydroxyl groups is 2. The number of amides is 2. The molecule has 0 spiro atoms. The standard InChI is InChI=1S/C22H24F3N3O6/c1-33-20-15(14-6-2-3-7-16(14)34-22(23,24)25)9-8-13(27-20)12-26-19(31)17(29)18(30)21(32)28-10-4-5-11-28/h2-3,6-9,17-18,29-30H,4-5,10-12H2,1H3,(H,26,31)/t17-,18-/m1/s1. The Hall–Kier alpha value is -3.38. The molecule has 3 rings (SSSR count). The van der Waals surface area contributed by atoms with E-state index in [4.69, 9.17) is 4.74 Å². The van der Waals surface area contributed by atoms with Crippen LogP contribution in [0.5, 0.6) is 11.6 Å². The fraction of sp³-hybridized carbons (Fsp3) is 0.409. The number of likely N-dealkylation sites (tertiary alicyclic amines) is 1. The molecule has 12 heteroatoms. The minimum absolute atomic E-state index is 0.0187. The summed E-state index contributed by atoms with van der Waals surface area (Å²) in [4.78, 5) is 30.0. The summed E-state index contributed by atoms with van der Waals surface area (Å²) in [5, 5.41) is 22.5. The number of aliphatic hydroxyl groups excluding tert-OH is 2. The van der Waals surface area contributed by atoms with Crippen LogP contribution in [0.3, 0.4) is 0 Å². The van der Waals surface area contributed by atoms with Crippen LogP contribution in [0.2, 0.25) is 0 Å². The van der Waals surface area contributed by atoms with Gasteiger partial charge in [0, 0.05) is 24.2 Å². The van der Waals surface area contributed by atoms with Crippen molar-refractivity contribution in [3.63, 3.8) is 0 Å². The van der Waals surface area contributed by atoms with Gasteiger partial charge in [0.1, 0.15) is 5.75 Å². The molecule has 2 amide bonds. The fourth-order valence-electron chi connectivity index (χ4n) is 3.53. The lowest BCUT2D eigenvalue weighted by Gasteiger charge is -2.22. The lowest BCUT2D eigenvalue weighted by atomic mass is 10.1. The Balaban J connectivity index is 1.69. The van der Waals surface area contributed by atoms with Crippen molar-refractivity contribution in [1.82, 2.24) is 15.2 Å². The highest BCUT2D eigenvalue weighted by Crippen LogP contribution is 2.37. The number of carbonyl (C=O) groups is 2. The average molecular weight is 483 g/mol. The number of alkyl halides is 3. The second kappa shape index (κ2) is 10.7. The third kappa shape index (κ3) is 6.14. The number of halogens is 3. The van der Waals surface area contributed by atoms with Crippen molar-refractivity contribution >= 4 is 11.8 Å². The zero-order valence-electron chi connectivity index (χ0n) is 18.2. The van der Waals surface area contributed by atoms with E-state index in [0.717, 1.165) is 18.9 Å². The number of benzene rings is 1. The molecule has 9 nitrogen and oxygen atoms in total. The van der Waals surface area contributed by atoms with Crippen LogP contribution in [-0.2, 0) is 16.1 Å². The van der Waals surface area contributed by atoms with Gasteiger partial charge in [-0.1, -0.05) is 18.2 Å². The molecule has 1 aromatic carbocycles. The molecule has 1 saturated heterocycles. The largest absolute Gasteiger partial charge is 0.573 e. The highest BCUT2D eigenvalue weighted by Gasteiger charge is 2.34. The molecule has 0 saturated carbocycles. The Morgan fingerprint density at radius 2 is 1.76 bits per heavy atom. The molecule has 3 N–H and O–H groups in total. The van der Waals surface area contributed by atoms with E-state index in [1.54, 1.807) is 0 Å². The summed E-state index contributed by atoms with van der Waals surface area (Å²) in [6.45, 7) is 0.715. The van der Waals surface area contributed by atoms with Crippen molar-refractivity contribution in [2.24, 2.45) is 0 Å². The van der Waals surface area contributed by atoms with Crippen LogP contribution in [0.4, 0.5) is 13.2 Å². The average Bonchev–Trinajstić information content (AvgIpc) is 3.35. The number of aromatic nitrogens is 1. The van der Waals surface area contributed by atoms with E-state index < -0.39 is 36.1 Å². The predicted molar refractivity (Wildman–Crippen MR) is 113 cm³/mol. The van der Waals surface area contributed by atoms with Gasteiger partial charge in [0.25, 0.3) is 11.8 Å². The second-order valence-electron chi connectivity index (χ2n) is 7.54. The summed E-state index contributed by atoms with van der Waals surface area (Å²) in [6.07, 6.45) is -7.18. The van der Waals surface area contributed by atoms with Crippen LogP contribution in [-0.4, -0.2) is 70.7 Å². The third-order valence-corrected chi connectivity index (χ3v) is 5.20. The first-order chi connectivity index (χ1) is 16.1. The highest BCUT2D eigenvalue weighted by molar-refractivity contribution is 5.90. The van der Waals surface area contributed by atoms with Gasteiger partial charge >= 0.3 is 6.36 Å². The number of rotatable bonds is 8. The summed E-state index contributed by atoms with van der Waals surface area (Å²) in [5.74, 6) is -2.15. The normalized spacial score (nSPS) is 15.5. The Labute approximate surface area is 193 Å². The summed E-state index contributed by atoms with van der Waals surface area (Å²) in [6, 6.07) is 8.39. The Morgan fingerprint density at radius 3 is 2.41 bits per heavy atom. The maximum atomic E-state index is 12.7. The van der Waals surface area contributed by atoms with E-state index in [-0.39, 0.29) is 29.2 Å². The Morgan fingerprint density at radius 1 is 1.09 bits per heavy atom. The van der Waals surface area contributed by atoms with E-state index >= 15 is 0 Å². The molecule has 0 bridgehead atoms. The van der Waals surface area contributed by atoms with E-state index in [0.29, 0.717) is 13.1 Å². The van der Waals surface area contributed by atoms with Gasteiger partial charge in [-0.2, -0.15) is 0 Å². The quantitative estimate of drug-likeness (QED) is 0.522. The number of nitrogens with zero attached hydrogens (tertiary/aromatic N) is 2. The molecule has 1 aliphatic rings. The van der Waals surface area contributed by atoms with Gasteiger partial charge in [0.2, 0.25) is 5.88 Å². The van der Waals surface area contributed by atoms with Gasteiger partial charge in [-0.15, -0.1) is 13.2 Å². The molecule has 1 aliphatic heterocycles. The summed E-state index contributed by atoms with van der Waals surface area (Å²) >= 11 is 0. The molecule has 2 aromatic rings. The Bertz CT molecular complexity index is 1030. The van der Waals surface area contributed by atoms with Gasteiger partial charge < -0.3 is 29.9 Å². The second-order valence-corrected chi connectivity index (χ2v) is 7.54. The topological polar surface area (TPSA) is 121 Å². The number of carbonyl (C=O) groups excluding carboxylic acids is 2. The lowest BCUT2D eigenvalue weighted by Crippen LogP contribution is -2.50. The predicted octanol–water partition coefficient (Wildman–Crippen LogP) is 1.62. The summed E-state index contributed by atoms with van der Waals surface area (Å²) in [5.41, 5.74) is 0.582. The first-order valence-corrected chi connectivity index (χ1v) is 10.4. The number of pyridine rings is 1. The molecule has 34 heavy (non-hydrogen) atoms. The summed E-state index contributed by atoms with van der Waals surface area (Å²) in [7, 11) is 1.28. The molecule has 0 unspecified atom stereocenters. The molecule has 0 radical (unpaired) electrons. The minimum atomic E-state index is -4.89. The van der Waals surface area contributed by atoms with E-state index in [2.05, 4.69) is 15.0 Å². The van der Waals surface area contributed by atoms with Gasteiger partial charge in [-0.3, -0.25) is 9.59 Å². The van der Waals surface area contributed by atoms with E-state index in [9.17, 15) is 33.0 Å². The lowest BCUT2D eigenvalue weighted by molar-refractivity contribution is -0.274. The Kier molecular flexibility index (Phi) is 7.94. The number of nitrogens with one attached hydrogen (secondary N) is 1. The molecular weight excluding hydrogens is 459 g/mol. The molecular formula is C22H24F3N3O6. The van der Waals surface area contributed by atoms with Crippen LogP contribution < -0.4 is 14.8 Å². The molecule has 184 valence electrons. The third-order valence-electron chi connectivity index (χ3n) is 5.20. The van der Waals surface area contributed by atoms with E-state index in [1.165, 1.54) is 42.3 Å². The molecule has 1 fully saturated rings. The summed E-state index contributed by atoms with van der Waals surface area (Å²) < 4.78 is 47.5. The van der Waals surface area contributed by atoms with Gasteiger partial charge in [-0.25, -0.2) is 4.98 Å². The SMILES string of the molecule is COc1nc(CNC(=O)[C@H](O)[C@@H](O)C(=O)N2CCCC2)ccc1-c1ccccc1OC(F)(F)F. The zero-order chi connectivity index (χ0) is 24.9. The van der Waals surface area contributed by atoms with Crippen molar-refractivity contribution in [1.29, 1.82) is 0 Å². The first kappa shape index (κ1) is 25.2. The number of hydrogen-bond donors (Lipinski definition) is 3. The zero-order valence-corrected chi connectivity index (χ0v) is 18.2. The van der Waals surface area contributed by atoms with Gasteiger partial charge in [-0.05, 0) is 31.0 Å². The smallest absolute Gasteiger partial charge is 0.481 e. The maximum Gasteiger partial charge on any atom is 0.573 e. The van der Waals surface area contributed by atoms with Gasteiger partial charge in [0.05, 0.1) is 19.3 Å². The highest BCUT2D eigenvalue weighted by atomic mass is 19.4. The monoisotopic (exact) mass is 483 g/mol. The molecule has 0 aliphatic carbocycles. The molecule has 2 heterocycles. The van der Waals surface area contributed by atoms with Crippen molar-refractivity contribution in [2.45, 2.75) is 38.0 Å². The fourth-order valence-corrected chi connectivity index (χ4v) is 3.53. The molecule has 2 atom stereocenters. The maximum absolute atomic E-state index is 12.7. The van der Waals surface area contributed by atoms with Crippen LogP contribution >= 0.6 is 0 Å². The van der Waals surface area contributed by atoms with Crippen molar-refractivity contribution in [3.05, 3.63) is 42.1 Å². The van der Waals surface area contributed by atoms with Crippen LogP contribution in [0.15, 0.2) is 36.4 Å². The van der Waals surface area contributed by atoms with Crippen molar-refractivity contribution in [3.8, 4) is 22.8 Å². The molecule has 1 aromatic heterocycles. The van der Waals surface area contributed by atoms with Crippen LogP contribution in [0.1, 0.15) is 18.5 Å². The van der Waals surface area contributed by atoms with Gasteiger partial charge in [0.15, 0.2) is 12.2 Å². The number of hydrogen-bond acceptors (Lipinski definition) is 7. The van der Waals surface area contributed by atoms with Crippen LogP contribution in [0, 0.1) is 0 Å². The van der Waals surface area contributed by atoms with E-state index in [1.807, 2.05) is 0 Å². The minimum Gasteiger partial charge on any atom is -0.481 e. The van der Waals surface area contributed by atoms with Crippen molar-refractivity contribution in [2.75, 3.05) is 20.2 Å². The number of ether oxygens (including phenoxy) is 2. The number of para-hydroxylation sites is 1. The van der Waals surface area contributed by atoms with Crippen molar-refractivity contribution < 1.29 is 42.4 Å².